The van der Waals surface area contributed by atoms with Crippen molar-refractivity contribution in [3.8, 4) is 0 Å². The molecule has 1 amide bonds. The second kappa shape index (κ2) is 5.26. The van der Waals surface area contributed by atoms with Gasteiger partial charge in [0, 0.05) is 0 Å². The van der Waals surface area contributed by atoms with Crippen LogP contribution in [0, 0.1) is 0 Å². The molecule has 5 nitrogen and oxygen atoms in total. The highest BCUT2D eigenvalue weighted by molar-refractivity contribution is 7.08. The van der Waals surface area contributed by atoms with Gasteiger partial charge in [-0.25, -0.2) is 8.78 Å². The summed E-state index contributed by atoms with van der Waals surface area (Å²) in [6.07, 6.45) is 0.534. The van der Waals surface area contributed by atoms with Crippen molar-refractivity contribution in [3.63, 3.8) is 0 Å². The maximum Gasteiger partial charge on any atom is 0.277 e. The number of nitrogens with one attached hydrogen (secondary N) is 1. The van der Waals surface area contributed by atoms with Gasteiger partial charge in [-0.2, -0.15) is 0 Å². The first-order valence-electron chi connectivity index (χ1n) is 4.67. The summed E-state index contributed by atoms with van der Waals surface area (Å²) in [6, 6.07) is 0. The molecule has 8 heteroatoms. The van der Waals surface area contributed by atoms with Gasteiger partial charge in [-0.15, -0.1) is 5.10 Å². The molecular weight excluding hydrogens is 238 g/mol. The van der Waals surface area contributed by atoms with E-state index in [1.165, 1.54) is 0 Å². The van der Waals surface area contributed by atoms with Crippen molar-refractivity contribution >= 4 is 17.4 Å². The number of carbonyl (C=O) groups is 1. The number of hydrogen-bond donors (Lipinski definition) is 2. The molecule has 0 spiro atoms. The summed E-state index contributed by atoms with van der Waals surface area (Å²) in [5, 5.41) is 5.83. The molecule has 0 saturated heterocycles. The molecule has 1 rings (SSSR count). The molecule has 1 heterocycles. The number of rotatable bonds is 5. The minimum Gasteiger partial charge on any atom is -0.345 e. The van der Waals surface area contributed by atoms with Crippen molar-refractivity contribution < 1.29 is 13.6 Å². The first kappa shape index (κ1) is 12.9. The predicted molar refractivity (Wildman–Crippen MR) is 55.6 cm³/mol. The summed E-state index contributed by atoms with van der Waals surface area (Å²) in [7, 11) is 0. The van der Waals surface area contributed by atoms with Crippen LogP contribution in [0.4, 0.5) is 8.78 Å². The minimum atomic E-state index is -3.08. The van der Waals surface area contributed by atoms with E-state index in [0.717, 1.165) is 11.5 Å². The van der Waals surface area contributed by atoms with Crippen LogP contribution in [0.15, 0.2) is 0 Å². The number of aryl methyl sites for hydroxylation is 1. The third kappa shape index (κ3) is 3.17. The topological polar surface area (TPSA) is 80.9 Å². The van der Waals surface area contributed by atoms with Crippen molar-refractivity contribution in [3.05, 3.63) is 10.6 Å². The average molecular weight is 250 g/mol. The Labute approximate surface area is 95.2 Å². The van der Waals surface area contributed by atoms with E-state index in [-0.39, 0.29) is 4.88 Å². The lowest BCUT2D eigenvalue weighted by Crippen LogP contribution is -2.41. The van der Waals surface area contributed by atoms with Gasteiger partial charge in [0.1, 0.15) is 4.88 Å². The molecule has 3 N–H and O–H groups in total. The van der Waals surface area contributed by atoms with E-state index in [9.17, 15) is 13.6 Å². The summed E-state index contributed by atoms with van der Waals surface area (Å²) in [4.78, 5) is 11.8. The number of amides is 1. The number of carbonyl (C=O) groups excluding carboxylic acids is 1. The monoisotopic (exact) mass is 250 g/mol. The van der Waals surface area contributed by atoms with Crippen LogP contribution in [0.2, 0.25) is 0 Å². The van der Waals surface area contributed by atoms with Crippen molar-refractivity contribution in [1.29, 1.82) is 0 Å². The molecule has 0 aromatic carbocycles. The Balaban J connectivity index is 2.60. The summed E-state index contributed by atoms with van der Waals surface area (Å²) >= 11 is 0.891. The molecule has 0 aliphatic rings. The maximum absolute atomic E-state index is 12.8. The molecule has 0 radical (unpaired) electrons. The fourth-order valence-corrected chi connectivity index (χ4v) is 1.64. The zero-order chi connectivity index (χ0) is 12.2. The van der Waals surface area contributed by atoms with E-state index >= 15 is 0 Å². The Morgan fingerprint density at radius 3 is 2.88 bits per heavy atom. The van der Waals surface area contributed by atoms with Crippen LogP contribution in [0.5, 0.6) is 0 Å². The normalized spacial score (nSPS) is 11.5. The lowest BCUT2D eigenvalue weighted by atomic mass is 10.2. The molecule has 0 atom stereocenters. The van der Waals surface area contributed by atoms with Crippen LogP contribution in [0.25, 0.3) is 0 Å². The van der Waals surface area contributed by atoms with Gasteiger partial charge in [-0.3, -0.25) is 4.79 Å². The van der Waals surface area contributed by atoms with Gasteiger partial charge in [-0.1, -0.05) is 11.4 Å². The Bertz CT molecular complexity index is 369. The van der Waals surface area contributed by atoms with E-state index in [4.69, 9.17) is 5.73 Å². The van der Waals surface area contributed by atoms with Crippen molar-refractivity contribution in [1.82, 2.24) is 14.9 Å². The first-order chi connectivity index (χ1) is 7.50. The molecule has 90 valence electrons. The van der Waals surface area contributed by atoms with Gasteiger partial charge >= 0.3 is 0 Å². The minimum absolute atomic E-state index is 0.273. The Morgan fingerprint density at radius 2 is 2.31 bits per heavy atom. The molecule has 1 aromatic rings. The van der Waals surface area contributed by atoms with E-state index < -0.39 is 24.9 Å². The van der Waals surface area contributed by atoms with E-state index in [2.05, 4.69) is 14.9 Å². The number of alkyl halides is 2. The van der Waals surface area contributed by atoms with E-state index in [0.29, 0.717) is 12.1 Å². The SMILES string of the molecule is CCc1nnsc1C(=O)NCC(F)(F)CN. The third-order valence-electron chi connectivity index (χ3n) is 1.90. The van der Waals surface area contributed by atoms with Crippen LogP contribution in [-0.2, 0) is 6.42 Å². The smallest absolute Gasteiger partial charge is 0.277 e. The lowest BCUT2D eigenvalue weighted by Gasteiger charge is -2.13. The maximum atomic E-state index is 12.8. The van der Waals surface area contributed by atoms with Gasteiger partial charge in [0.2, 0.25) is 0 Å². The second-order valence-corrected chi connectivity index (χ2v) is 3.90. The van der Waals surface area contributed by atoms with Crippen molar-refractivity contribution in [2.75, 3.05) is 13.1 Å². The Kier molecular flexibility index (Phi) is 4.25. The van der Waals surface area contributed by atoms with Gasteiger partial charge in [0.25, 0.3) is 11.8 Å². The highest BCUT2D eigenvalue weighted by atomic mass is 32.1. The zero-order valence-corrected chi connectivity index (χ0v) is 9.48. The van der Waals surface area contributed by atoms with Crippen molar-refractivity contribution in [2.24, 2.45) is 5.73 Å². The number of nitrogens with zero attached hydrogens (tertiary/aromatic N) is 2. The van der Waals surface area contributed by atoms with Crippen molar-refractivity contribution in [2.45, 2.75) is 19.3 Å². The molecular formula is C8H12F2N4OS. The fourth-order valence-electron chi connectivity index (χ4n) is 0.974. The quantitative estimate of drug-likeness (QED) is 0.793. The second-order valence-electron chi connectivity index (χ2n) is 3.15. The molecule has 0 saturated carbocycles. The zero-order valence-electron chi connectivity index (χ0n) is 8.67. The lowest BCUT2D eigenvalue weighted by molar-refractivity contribution is 0.0119. The van der Waals surface area contributed by atoms with E-state index in [1.807, 2.05) is 6.92 Å². The molecule has 0 aliphatic carbocycles. The van der Waals surface area contributed by atoms with Gasteiger partial charge in [0.05, 0.1) is 18.8 Å². The van der Waals surface area contributed by atoms with Crippen LogP contribution in [0.3, 0.4) is 0 Å². The summed E-state index contributed by atoms with van der Waals surface area (Å²) in [6.45, 7) is 0.236. The summed E-state index contributed by atoms with van der Waals surface area (Å²) in [5.41, 5.74) is 5.36. The Morgan fingerprint density at radius 1 is 1.62 bits per heavy atom. The van der Waals surface area contributed by atoms with Crippen LogP contribution in [-0.4, -0.2) is 34.5 Å². The average Bonchev–Trinajstić information content (AvgIpc) is 2.74. The molecule has 0 bridgehead atoms. The molecule has 16 heavy (non-hydrogen) atoms. The highest BCUT2D eigenvalue weighted by Gasteiger charge is 2.28. The predicted octanol–water partition coefficient (Wildman–Crippen LogP) is 0.424. The summed E-state index contributed by atoms with van der Waals surface area (Å²) in [5.74, 6) is -3.67. The Hall–Kier alpha value is -1.15. The van der Waals surface area contributed by atoms with Crippen LogP contribution >= 0.6 is 11.5 Å². The van der Waals surface area contributed by atoms with E-state index in [1.54, 1.807) is 0 Å². The fraction of sp³-hybridized carbons (Fsp3) is 0.625. The highest BCUT2D eigenvalue weighted by Crippen LogP contribution is 2.13. The number of halogens is 2. The van der Waals surface area contributed by atoms with Crippen LogP contribution in [0.1, 0.15) is 22.3 Å². The number of hydrogen-bond acceptors (Lipinski definition) is 5. The molecule has 0 fully saturated rings. The standard InChI is InChI=1S/C8H12F2N4OS/c1-2-5-6(16-14-13-5)7(15)12-4-8(9,10)3-11/h2-4,11H2,1H3,(H,12,15). The molecule has 0 aliphatic heterocycles. The molecule has 0 unspecified atom stereocenters. The van der Waals surface area contributed by atoms with Gasteiger partial charge in [-0.05, 0) is 18.0 Å². The molecule has 1 aromatic heterocycles. The van der Waals surface area contributed by atoms with Gasteiger partial charge < -0.3 is 11.1 Å². The third-order valence-corrected chi connectivity index (χ3v) is 2.67. The largest absolute Gasteiger partial charge is 0.345 e. The van der Waals surface area contributed by atoms with Crippen LogP contribution < -0.4 is 11.1 Å². The number of nitrogens with two attached hydrogens (primary N) is 1. The number of aromatic nitrogens is 2. The van der Waals surface area contributed by atoms with Gasteiger partial charge in [0.15, 0.2) is 0 Å². The summed E-state index contributed by atoms with van der Waals surface area (Å²) < 4.78 is 29.1. The first-order valence-corrected chi connectivity index (χ1v) is 5.45.